The van der Waals surface area contributed by atoms with Gasteiger partial charge in [0.2, 0.25) is 5.91 Å². The van der Waals surface area contributed by atoms with E-state index in [1.165, 1.54) is 0 Å². The number of amides is 1. The van der Waals surface area contributed by atoms with Gasteiger partial charge in [-0.25, -0.2) is 4.79 Å². The molecular weight excluding hydrogens is 1590 g/mol. The largest absolute Gasteiger partial charge is 0.479 e. The van der Waals surface area contributed by atoms with Crippen molar-refractivity contribution in [3.63, 3.8) is 0 Å². The Balaban J connectivity index is 1.00. The number of ether oxygens (including phenoxy) is 24. The van der Waals surface area contributed by atoms with Gasteiger partial charge in [0, 0.05) is 69.6 Å². The first-order chi connectivity index (χ1) is 54.8. The van der Waals surface area contributed by atoms with E-state index in [1.54, 1.807) is 0 Å². The summed E-state index contributed by atoms with van der Waals surface area (Å²) >= 11 is 0. The molecule has 0 bridgehead atoms. The maximum Gasteiger partial charge on any atom is 0.335 e. The first-order valence-electron chi connectivity index (χ1n) is 36.1. The fourth-order valence-electron chi connectivity index (χ4n) is 14.5. The minimum atomic E-state index is -2.55. The van der Waals surface area contributed by atoms with E-state index in [4.69, 9.17) is 114 Å². The smallest absolute Gasteiger partial charge is 0.335 e. The highest BCUT2D eigenvalue weighted by molar-refractivity contribution is 5.74. The number of aliphatic hydroxyl groups is 15. The van der Waals surface area contributed by atoms with Gasteiger partial charge in [-0.2, -0.15) is 0 Å². The molecule has 50 nitrogen and oxygen atoms in total. The number of methoxy groups -OCH3 is 2. The highest BCUT2D eigenvalue weighted by Crippen LogP contribution is 2.42. The van der Waals surface area contributed by atoms with Crippen LogP contribution in [-0.2, 0) is 157 Å². The van der Waals surface area contributed by atoms with Crippen molar-refractivity contribution >= 4 is 53.7 Å². The van der Waals surface area contributed by atoms with Crippen molar-refractivity contribution in [1.82, 2.24) is 5.32 Å². The first-order valence-corrected chi connectivity index (χ1v) is 36.1. The van der Waals surface area contributed by atoms with Gasteiger partial charge in [0.25, 0.3) is 0 Å². The molecule has 8 saturated heterocycles. The minimum absolute atomic E-state index is 0.782. The lowest BCUT2D eigenvalue weighted by molar-refractivity contribution is -0.393. The number of carbonyl (C=O) groups is 9. The minimum Gasteiger partial charge on any atom is -0.479 e. The molecule has 8 fully saturated rings. The topological polar surface area (TPSA) is 711 Å². The van der Waals surface area contributed by atoms with Crippen LogP contribution in [0, 0.1) is 0 Å². The van der Waals surface area contributed by atoms with Gasteiger partial charge in [-0.05, 0) is 0 Å². The van der Waals surface area contributed by atoms with E-state index in [9.17, 15) is 125 Å². The Hall–Kier alpha value is -6.05. The summed E-state index contributed by atoms with van der Waals surface area (Å²) < 4.78 is 137. The number of nitrogens with one attached hydrogen (secondary N) is 1. The second-order valence-corrected chi connectivity index (χ2v) is 27.7. The summed E-state index contributed by atoms with van der Waals surface area (Å²) in [5.74, 6) is -10.8. The van der Waals surface area contributed by atoms with Gasteiger partial charge in [0.05, 0.1) is 46.2 Å². The van der Waals surface area contributed by atoms with Crippen molar-refractivity contribution in [3.05, 3.63) is 0 Å². The number of rotatable bonds is 32. The van der Waals surface area contributed by atoms with Crippen LogP contribution in [0.3, 0.4) is 0 Å². The summed E-state index contributed by atoms with van der Waals surface area (Å²) in [5, 5.41) is 183. The third-order valence-corrected chi connectivity index (χ3v) is 19.4. The average Bonchev–Trinajstić information content (AvgIpc) is 0.763. The third-order valence-electron chi connectivity index (χ3n) is 19.4. The summed E-state index contributed by atoms with van der Waals surface area (Å²) in [7, 11) is 2.27. The SMILES string of the molecule is COC1OC(CO)C(OC2OC(CO)C(OC3OC(CO)C(OC4OC(CO)C(OC5OC(CO)C(OC6OC(C(=O)O)C(OC7OC(CO)C(OC8OC(CO)C(OC)C(OC(C)=O)C8O)C(OC(C)=O)C7O)C(OC(C)=O)C6O)C(OC(C)=O)C5O)C(O)C4NC(C)=O)C(OC(C)=O)C3O)C(OC(C)=O)C2O)C(OC(C)=O)C1O. The molecule has 664 valence electrons. The second-order valence-electron chi connectivity index (χ2n) is 27.7. The van der Waals surface area contributed by atoms with Crippen molar-refractivity contribution in [2.45, 2.75) is 301 Å². The number of hydrogen-bond acceptors (Lipinski definition) is 48. The van der Waals surface area contributed by atoms with Crippen molar-refractivity contribution in [1.29, 1.82) is 0 Å². The zero-order valence-electron chi connectivity index (χ0n) is 63.7. The Kier molecular flexibility index (Phi) is 34.9. The summed E-state index contributed by atoms with van der Waals surface area (Å²) in [4.78, 5) is 115. The Morgan fingerprint density at radius 3 is 0.716 bits per heavy atom. The molecule has 40 unspecified atom stereocenters. The molecular formula is C66H101NO49. The van der Waals surface area contributed by atoms with E-state index in [2.05, 4.69) is 5.32 Å². The maximum absolute atomic E-state index is 13.3. The number of carboxylic acids is 1. The van der Waals surface area contributed by atoms with Crippen LogP contribution in [0.15, 0.2) is 0 Å². The van der Waals surface area contributed by atoms with Gasteiger partial charge >= 0.3 is 47.8 Å². The van der Waals surface area contributed by atoms with Crippen LogP contribution < -0.4 is 5.32 Å². The van der Waals surface area contributed by atoms with Crippen molar-refractivity contribution < 1.29 is 239 Å². The molecule has 0 saturated carbocycles. The van der Waals surface area contributed by atoms with Crippen LogP contribution in [0.2, 0.25) is 0 Å². The molecule has 8 heterocycles. The number of aliphatic hydroxyl groups excluding tert-OH is 15. The van der Waals surface area contributed by atoms with Crippen LogP contribution >= 0.6 is 0 Å². The van der Waals surface area contributed by atoms with Crippen molar-refractivity contribution in [2.75, 3.05) is 60.5 Å². The van der Waals surface area contributed by atoms with E-state index in [0.29, 0.717) is 0 Å². The molecule has 40 atom stereocenters. The van der Waals surface area contributed by atoms with E-state index >= 15 is 0 Å². The third kappa shape index (κ3) is 22.2. The second kappa shape index (κ2) is 42.4. The lowest BCUT2D eigenvalue weighted by atomic mass is 9.94. The zero-order chi connectivity index (χ0) is 85.9. The summed E-state index contributed by atoms with van der Waals surface area (Å²) in [6.07, 6.45) is -79.0. The van der Waals surface area contributed by atoms with E-state index in [0.717, 1.165) is 69.6 Å². The molecule has 0 aromatic rings. The lowest BCUT2D eigenvalue weighted by Gasteiger charge is -2.51. The highest BCUT2D eigenvalue weighted by atomic mass is 16.8. The molecule has 50 heteroatoms. The summed E-state index contributed by atoms with van der Waals surface area (Å²) in [5.41, 5.74) is 0. The van der Waals surface area contributed by atoms with Crippen LogP contribution in [0.5, 0.6) is 0 Å². The van der Waals surface area contributed by atoms with E-state index in [1.807, 2.05) is 0 Å². The molecule has 0 aromatic heterocycles. The Morgan fingerprint density at radius 2 is 0.466 bits per heavy atom. The Morgan fingerprint density at radius 1 is 0.259 bits per heavy atom. The van der Waals surface area contributed by atoms with Crippen molar-refractivity contribution in [2.24, 2.45) is 0 Å². The monoisotopic (exact) mass is 1690 g/mol. The first kappa shape index (κ1) is 95.4. The predicted molar refractivity (Wildman–Crippen MR) is 353 cm³/mol. The predicted octanol–water partition coefficient (Wildman–Crippen LogP) is -12.9. The lowest BCUT2D eigenvalue weighted by Crippen LogP contribution is -2.70. The maximum atomic E-state index is 13.3. The Labute approximate surface area is 657 Å². The number of aliphatic carboxylic acids is 1. The van der Waals surface area contributed by atoms with E-state index < -0.39 is 345 Å². The average molecular weight is 1690 g/mol. The summed E-state index contributed by atoms with van der Waals surface area (Å²) in [6, 6.07) is -1.96. The van der Waals surface area contributed by atoms with Gasteiger partial charge in [-0.1, -0.05) is 0 Å². The molecule has 8 rings (SSSR count). The molecule has 1 amide bonds. The molecule has 8 aliphatic rings. The van der Waals surface area contributed by atoms with Gasteiger partial charge in [0.15, 0.2) is 99.2 Å². The zero-order valence-corrected chi connectivity index (χ0v) is 63.7. The summed E-state index contributed by atoms with van der Waals surface area (Å²) in [6.45, 7) is -0.498. The van der Waals surface area contributed by atoms with Gasteiger partial charge in [0.1, 0.15) is 146 Å². The molecule has 0 spiro atoms. The van der Waals surface area contributed by atoms with Gasteiger partial charge < -0.3 is 201 Å². The van der Waals surface area contributed by atoms with Crippen LogP contribution in [0.25, 0.3) is 0 Å². The molecule has 116 heavy (non-hydrogen) atoms. The molecule has 17 N–H and O–H groups in total. The number of carboxylic acid groups (broad SMARTS) is 1. The Bertz CT molecular complexity index is 3250. The highest BCUT2D eigenvalue weighted by Gasteiger charge is 2.63. The van der Waals surface area contributed by atoms with E-state index in [-0.39, 0.29) is 0 Å². The van der Waals surface area contributed by atoms with Gasteiger partial charge in [-0.15, -0.1) is 0 Å². The van der Waals surface area contributed by atoms with Gasteiger partial charge in [-0.3, -0.25) is 38.4 Å². The number of esters is 7. The molecule has 0 aromatic carbocycles. The molecule has 8 aliphatic heterocycles. The fraction of sp³-hybridized carbons (Fsp3) is 0.864. The number of hydrogen-bond donors (Lipinski definition) is 17. The normalized spacial score (nSPS) is 43.3. The quantitative estimate of drug-likeness (QED) is 0.0220. The van der Waals surface area contributed by atoms with Crippen LogP contribution in [0.4, 0.5) is 0 Å². The number of carbonyl (C=O) groups excluding carboxylic acids is 8. The standard InChI is InChI=1S/C66H101NO49/c1-18(75)67-33-34(83)42(26(11-68)102-59(33)110-44-29(14-71)106-63(38(87)51(44)97-21(4)78)113-46-30(15-72)107-64(39(88)53(46)99-23(6)80)111-45-28(13-70)103-60(94-10)35(84)50(45)96-20(3)77)109-61-37(86)52(98-22(5)79)48(32(17-74)105-61)114-66-41(90)55(101-25(8)82)56(57(116-66)58(91)92)115-65-40(89)54(100-24(7)81)47(31(16-73)108-65)112-62-36(85)49(95-19(2)76)43(93-9)27(12-69)104-62/h26-57,59-66,68-74,83-90H,11-17H2,1-10H3,(H,67,75)(H,91,92). The fourth-order valence-corrected chi connectivity index (χ4v) is 14.5. The van der Waals surface area contributed by atoms with Crippen LogP contribution in [0.1, 0.15) is 55.4 Å². The van der Waals surface area contributed by atoms with Crippen molar-refractivity contribution in [3.8, 4) is 0 Å². The van der Waals surface area contributed by atoms with Crippen LogP contribution in [-0.4, -0.2) is 441 Å². The molecule has 0 aliphatic carbocycles. The molecule has 0 radical (unpaired) electrons.